The first-order chi connectivity index (χ1) is 11.2. The Morgan fingerprint density at radius 1 is 1.04 bits per heavy atom. The fraction of sp³-hybridized carbons (Fsp3) is 0.353. The number of anilines is 1. The Morgan fingerprint density at radius 2 is 1.78 bits per heavy atom. The van der Waals surface area contributed by atoms with Crippen molar-refractivity contribution in [3.63, 3.8) is 0 Å². The highest BCUT2D eigenvalue weighted by atomic mass is 16.4. The van der Waals surface area contributed by atoms with Gasteiger partial charge in [-0.25, -0.2) is 0 Å². The molecule has 1 aromatic carbocycles. The van der Waals surface area contributed by atoms with Crippen molar-refractivity contribution in [2.24, 2.45) is 0 Å². The summed E-state index contributed by atoms with van der Waals surface area (Å²) in [4.78, 5) is 28.2. The molecule has 1 fully saturated rings. The molecule has 120 valence electrons. The minimum atomic E-state index is -0.327. The van der Waals surface area contributed by atoms with Gasteiger partial charge in [-0.3, -0.25) is 14.9 Å². The number of carbonyl (C=O) groups is 2. The van der Waals surface area contributed by atoms with Crippen LogP contribution in [0, 0.1) is 0 Å². The third kappa shape index (κ3) is 3.97. The second-order valence-electron chi connectivity index (χ2n) is 5.67. The van der Waals surface area contributed by atoms with Gasteiger partial charge in [0.1, 0.15) is 6.26 Å². The van der Waals surface area contributed by atoms with Crippen LogP contribution in [0.4, 0.5) is 6.01 Å². The van der Waals surface area contributed by atoms with Gasteiger partial charge in [0.05, 0.1) is 0 Å². The van der Waals surface area contributed by atoms with E-state index in [1.807, 2.05) is 6.07 Å². The SMILES string of the molecule is O=C(Nc1nc(C(=O)NC2CCCCC2)co1)c1ccccc1. The molecule has 0 unspecified atom stereocenters. The lowest BCUT2D eigenvalue weighted by Gasteiger charge is -2.22. The first kappa shape index (κ1) is 15.3. The van der Waals surface area contributed by atoms with Gasteiger partial charge in [-0.15, -0.1) is 0 Å². The van der Waals surface area contributed by atoms with Crippen LogP contribution in [0.5, 0.6) is 0 Å². The highest BCUT2D eigenvalue weighted by molar-refractivity contribution is 6.03. The summed E-state index contributed by atoms with van der Waals surface area (Å²) in [5.74, 6) is -0.590. The van der Waals surface area contributed by atoms with E-state index in [-0.39, 0.29) is 29.6 Å². The molecule has 1 saturated carbocycles. The molecule has 6 heteroatoms. The maximum atomic E-state index is 12.1. The number of nitrogens with zero attached hydrogens (tertiary/aromatic N) is 1. The highest BCUT2D eigenvalue weighted by Crippen LogP contribution is 2.18. The van der Waals surface area contributed by atoms with Gasteiger partial charge in [0, 0.05) is 11.6 Å². The summed E-state index contributed by atoms with van der Waals surface area (Å²) < 4.78 is 5.16. The Labute approximate surface area is 134 Å². The van der Waals surface area contributed by atoms with Gasteiger partial charge in [0.25, 0.3) is 11.8 Å². The Kier molecular flexibility index (Phi) is 4.71. The van der Waals surface area contributed by atoms with Crippen molar-refractivity contribution in [1.29, 1.82) is 0 Å². The zero-order chi connectivity index (χ0) is 16.1. The molecule has 3 rings (SSSR count). The third-order valence-corrected chi connectivity index (χ3v) is 3.93. The number of hydrogen-bond acceptors (Lipinski definition) is 4. The average Bonchev–Trinajstić information content (AvgIpc) is 3.05. The third-order valence-electron chi connectivity index (χ3n) is 3.93. The quantitative estimate of drug-likeness (QED) is 0.909. The Balaban J connectivity index is 1.59. The summed E-state index contributed by atoms with van der Waals surface area (Å²) in [7, 11) is 0. The summed E-state index contributed by atoms with van der Waals surface area (Å²) in [5, 5.41) is 5.50. The molecule has 0 saturated heterocycles. The van der Waals surface area contributed by atoms with Crippen molar-refractivity contribution in [3.8, 4) is 0 Å². The lowest BCUT2D eigenvalue weighted by molar-refractivity contribution is 0.0921. The van der Waals surface area contributed by atoms with Gasteiger partial charge in [-0.2, -0.15) is 4.98 Å². The number of benzene rings is 1. The van der Waals surface area contributed by atoms with E-state index in [9.17, 15) is 9.59 Å². The molecular formula is C17H19N3O3. The van der Waals surface area contributed by atoms with Gasteiger partial charge in [0.15, 0.2) is 5.69 Å². The van der Waals surface area contributed by atoms with E-state index in [0.29, 0.717) is 5.56 Å². The van der Waals surface area contributed by atoms with Gasteiger partial charge in [0.2, 0.25) is 0 Å². The molecule has 0 atom stereocenters. The zero-order valence-electron chi connectivity index (χ0n) is 12.7. The number of rotatable bonds is 4. The normalized spacial score (nSPS) is 15.1. The maximum Gasteiger partial charge on any atom is 0.302 e. The number of oxazole rings is 1. The molecule has 2 aromatic rings. The van der Waals surface area contributed by atoms with Gasteiger partial charge >= 0.3 is 6.01 Å². The van der Waals surface area contributed by atoms with E-state index >= 15 is 0 Å². The molecule has 23 heavy (non-hydrogen) atoms. The number of nitrogens with one attached hydrogen (secondary N) is 2. The Hall–Kier alpha value is -2.63. The van der Waals surface area contributed by atoms with Crippen molar-refractivity contribution in [2.45, 2.75) is 38.1 Å². The molecular weight excluding hydrogens is 294 g/mol. The number of aromatic nitrogens is 1. The Morgan fingerprint density at radius 3 is 2.52 bits per heavy atom. The number of carbonyl (C=O) groups excluding carboxylic acids is 2. The van der Waals surface area contributed by atoms with Crippen LogP contribution in [0.15, 0.2) is 41.0 Å². The molecule has 0 bridgehead atoms. The largest absolute Gasteiger partial charge is 0.431 e. The van der Waals surface area contributed by atoms with E-state index in [2.05, 4.69) is 15.6 Å². The molecule has 0 radical (unpaired) electrons. The first-order valence-corrected chi connectivity index (χ1v) is 7.85. The molecule has 6 nitrogen and oxygen atoms in total. The summed E-state index contributed by atoms with van der Waals surface area (Å²) in [5.41, 5.74) is 0.679. The van der Waals surface area contributed by atoms with Crippen LogP contribution in [-0.2, 0) is 0 Å². The van der Waals surface area contributed by atoms with E-state index in [1.54, 1.807) is 24.3 Å². The summed E-state index contributed by atoms with van der Waals surface area (Å²) in [6.45, 7) is 0. The van der Waals surface area contributed by atoms with Crippen molar-refractivity contribution < 1.29 is 14.0 Å². The van der Waals surface area contributed by atoms with Crippen LogP contribution in [0.1, 0.15) is 53.0 Å². The molecule has 0 aliphatic heterocycles. The predicted molar refractivity (Wildman–Crippen MR) is 85.2 cm³/mol. The smallest absolute Gasteiger partial charge is 0.302 e. The molecule has 0 spiro atoms. The van der Waals surface area contributed by atoms with Crippen LogP contribution in [0.3, 0.4) is 0 Å². The Bertz CT molecular complexity index is 675. The number of amides is 2. The van der Waals surface area contributed by atoms with Gasteiger partial charge < -0.3 is 9.73 Å². The van der Waals surface area contributed by atoms with E-state index in [0.717, 1.165) is 25.7 Å². The second-order valence-corrected chi connectivity index (χ2v) is 5.67. The van der Waals surface area contributed by atoms with Crippen LogP contribution in [0.2, 0.25) is 0 Å². The van der Waals surface area contributed by atoms with Crippen LogP contribution >= 0.6 is 0 Å². The molecule has 1 aliphatic rings. The van der Waals surface area contributed by atoms with Crippen molar-refractivity contribution >= 4 is 17.8 Å². The van der Waals surface area contributed by atoms with Crippen LogP contribution in [0.25, 0.3) is 0 Å². The van der Waals surface area contributed by atoms with E-state index < -0.39 is 0 Å². The lowest BCUT2D eigenvalue weighted by Crippen LogP contribution is -2.36. The van der Waals surface area contributed by atoms with E-state index in [1.165, 1.54) is 12.7 Å². The fourth-order valence-corrected chi connectivity index (χ4v) is 2.70. The molecule has 1 aliphatic carbocycles. The van der Waals surface area contributed by atoms with Crippen molar-refractivity contribution in [1.82, 2.24) is 10.3 Å². The van der Waals surface area contributed by atoms with Crippen molar-refractivity contribution in [3.05, 3.63) is 47.9 Å². The van der Waals surface area contributed by atoms with Crippen LogP contribution in [-0.4, -0.2) is 22.8 Å². The predicted octanol–water partition coefficient (Wildman–Crippen LogP) is 2.99. The molecule has 2 N–H and O–H groups in total. The number of hydrogen-bond donors (Lipinski definition) is 2. The zero-order valence-corrected chi connectivity index (χ0v) is 12.7. The summed E-state index contributed by atoms with van der Waals surface area (Å²) in [6, 6.07) is 8.98. The first-order valence-electron chi connectivity index (χ1n) is 7.85. The molecule has 1 aromatic heterocycles. The molecule has 2 amide bonds. The maximum absolute atomic E-state index is 12.1. The van der Waals surface area contributed by atoms with Gasteiger partial charge in [-0.05, 0) is 25.0 Å². The van der Waals surface area contributed by atoms with E-state index in [4.69, 9.17) is 4.42 Å². The van der Waals surface area contributed by atoms with Crippen molar-refractivity contribution in [2.75, 3.05) is 5.32 Å². The van der Waals surface area contributed by atoms with Gasteiger partial charge in [-0.1, -0.05) is 37.5 Å². The lowest BCUT2D eigenvalue weighted by atomic mass is 9.95. The monoisotopic (exact) mass is 313 g/mol. The standard InChI is InChI=1S/C17H19N3O3/c21-15(12-7-3-1-4-8-12)20-17-19-14(11-23-17)16(22)18-13-9-5-2-6-10-13/h1,3-4,7-8,11,13H,2,5-6,9-10H2,(H,18,22)(H,19,20,21). The summed E-state index contributed by atoms with van der Waals surface area (Å²) in [6.07, 6.45) is 6.78. The topological polar surface area (TPSA) is 84.2 Å². The minimum absolute atomic E-state index is 0.0210. The molecule has 1 heterocycles. The van der Waals surface area contributed by atoms with Crippen LogP contribution < -0.4 is 10.6 Å². The fourth-order valence-electron chi connectivity index (χ4n) is 2.70. The highest BCUT2D eigenvalue weighted by Gasteiger charge is 2.19. The summed E-state index contributed by atoms with van der Waals surface area (Å²) >= 11 is 0. The average molecular weight is 313 g/mol. The second kappa shape index (κ2) is 7.09. The minimum Gasteiger partial charge on any atom is -0.431 e.